The van der Waals surface area contributed by atoms with Crippen molar-refractivity contribution in [3.8, 4) is 5.75 Å². The molecule has 16 N–H and O–H groups in total. The Morgan fingerprint density at radius 2 is 0.980 bits per heavy atom. The molecule has 2 saturated heterocycles. The Morgan fingerprint density at radius 1 is 0.541 bits per heavy atom. The highest BCUT2D eigenvalue weighted by Gasteiger charge is 2.42. The third-order valence-electron chi connectivity index (χ3n) is 17.0. The van der Waals surface area contributed by atoms with Crippen LogP contribution in [-0.2, 0) is 84.8 Å². The number of hydrogen-bond acceptors (Lipinski definition) is 15. The SMILES string of the molecule is CCCNC(=O)C[C@@H]1NC(=O)[C@@H](CCCCN)NC(=O)[C@@H](Cc2ccccc2)NC(=O)[C@@H]2CCCN2C(=O)[C@@H](Cc2ccccc2)NC(=O)[C@H](Cc2cnc[nH]2)NC(=O)[C@H](CCCN)NC(=O)[C@H](C(C)C)NC(=O)[C@H](Cc2ccc(O)cc2)NC(=O)[C@H](Cc2ccc(F)cc2)NC1=O. The van der Waals surface area contributed by atoms with Gasteiger partial charge in [-0.1, -0.05) is 106 Å². The Hall–Kier alpha value is -10.1. The zero-order valence-electron chi connectivity index (χ0n) is 55.5. The molecule has 28 heteroatoms. The molecule has 0 spiro atoms. The van der Waals surface area contributed by atoms with E-state index in [2.05, 4.69) is 63.1 Å². The second-order valence-electron chi connectivity index (χ2n) is 25.0. The summed E-state index contributed by atoms with van der Waals surface area (Å²) in [6, 6.07) is 13.6. The van der Waals surface area contributed by atoms with E-state index in [1.807, 2.05) is 0 Å². The normalized spacial score (nSPS) is 23.2. The van der Waals surface area contributed by atoms with Gasteiger partial charge < -0.3 is 79.6 Å². The molecule has 3 heterocycles. The summed E-state index contributed by atoms with van der Waals surface area (Å²) in [5.74, 6) is -10.8. The Labute approximate surface area is 568 Å². The molecule has 2 aliphatic heterocycles. The first-order valence-electron chi connectivity index (χ1n) is 33.4. The van der Waals surface area contributed by atoms with E-state index in [-0.39, 0.29) is 96.1 Å². The standard InChI is InChI=1S/C70H92FN15O12/c1-4-32-75-59(88)39-56-66(94)79-52(35-45-22-26-47(71)27-23-45)64(92)80-54(36-46-24-28-49(87)29-25-46)67(95)85-60(42(2)3)69(97)78-51(20-13-31-73)62(90)81-55(38-48-40-74-41-76-48)65(93)84-57(37-44-17-9-6-10-18-44)70(98)86-33-14-21-58(86)68(96)83-53(34-43-15-7-5-8-16-43)63(91)77-50(61(89)82-56)19-11-12-30-72/h5-10,15-18,22-29,40-42,50-58,60,87H,4,11-14,19-21,30-39,72-73H2,1-3H3,(H,74,76)(H,75,88)(H,77,91)(H,78,97)(H,79,94)(H,80,92)(H,81,90)(H,82,89)(H,83,96)(H,84,93)(H,85,95)/t50-,51+,52+,53-,54+,55+,56+,57-,58+,60+/m1/s1. The number of H-pyrrole nitrogens is 1. The highest BCUT2D eigenvalue weighted by atomic mass is 19.1. The molecule has 0 aliphatic carbocycles. The van der Waals surface area contributed by atoms with E-state index in [0.29, 0.717) is 47.2 Å². The van der Waals surface area contributed by atoms with E-state index in [9.17, 15) is 52.6 Å². The molecule has 0 bridgehead atoms. The van der Waals surface area contributed by atoms with E-state index in [1.54, 1.807) is 81.4 Å². The number of nitrogens with one attached hydrogen (secondary N) is 11. The Bertz CT molecular complexity index is 3480. The smallest absolute Gasteiger partial charge is 0.246 e. The van der Waals surface area contributed by atoms with Crippen LogP contribution >= 0.6 is 0 Å². The average Bonchev–Trinajstić information content (AvgIpc) is 1.47. The van der Waals surface area contributed by atoms with Crippen LogP contribution in [0.2, 0.25) is 0 Å². The maximum atomic E-state index is 15.2. The van der Waals surface area contributed by atoms with Gasteiger partial charge in [0.05, 0.1) is 12.7 Å². The van der Waals surface area contributed by atoms with Gasteiger partial charge in [-0.05, 0) is 117 Å². The number of carbonyl (C=O) groups excluding carboxylic acids is 11. The Morgan fingerprint density at radius 3 is 1.50 bits per heavy atom. The molecule has 11 amide bonds. The number of imidazole rings is 1. The van der Waals surface area contributed by atoms with Crippen LogP contribution in [0.3, 0.4) is 0 Å². The van der Waals surface area contributed by atoms with Crippen molar-refractivity contribution < 1.29 is 62.2 Å². The zero-order chi connectivity index (χ0) is 70.7. The lowest BCUT2D eigenvalue weighted by molar-refractivity contribution is -0.142. The van der Waals surface area contributed by atoms with Crippen molar-refractivity contribution in [2.75, 3.05) is 26.2 Å². The van der Waals surface area contributed by atoms with Crippen molar-refractivity contribution in [2.45, 2.75) is 171 Å². The van der Waals surface area contributed by atoms with Crippen LogP contribution in [0.15, 0.2) is 122 Å². The molecule has 526 valence electrons. The van der Waals surface area contributed by atoms with Gasteiger partial charge in [0.1, 0.15) is 72.0 Å². The molecule has 27 nitrogen and oxygen atoms in total. The van der Waals surface area contributed by atoms with Crippen molar-refractivity contribution in [3.63, 3.8) is 0 Å². The van der Waals surface area contributed by atoms with Gasteiger partial charge in [-0.2, -0.15) is 0 Å². The number of unbranched alkanes of at least 4 members (excludes halogenated alkanes) is 1. The highest BCUT2D eigenvalue weighted by Crippen LogP contribution is 2.22. The minimum atomic E-state index is -1.75. The van der Waals surface area contributed by atoms with E-state index in [4.69, 9.17) is 11.5 Å². The van der Waals surface area contributed by atoms with Crippen LogP contribution in [0.1, 0.15) is 107 Å². The molecule has 4 aromatic carbocycles. The third-order valence-corrected chi connectivity index (χ3v) is 17.0. The predicted octanol–water partition coefficient (Wildman–Crippen LogP) is 0.576. The number of aromatic nitrogens is 2. The van der Waals surface area contributed by atoms with E-state index < -0.39 is 144 Å². The number of hydrogen-bond donors (Lipinski definition) is 14. The van der Waals surface area contributed by atoms with Crippen molar-refractivity contribution in [1.82, 2.24) is 68.0 Å². The largest absolute Gasteiger partial charge is 0.508 e. The first-order valence-corrected chi connectivity index (χ1v) is 33.4. The molecule has 7 rings (SSSR count). The van der Waals surface area contributed by atoms with Crippen LogP contribution in [-0.4, -0.2) is 172 Å². The molecule has 2 fully saturated rings. The minimum Gasteiger partial charge on any atom is -0.508 e. The van der Waals surface area contributed by atoms with Crippen molar-refractivity contribution >= 4 is 65.0 Å². The Balaban J connectivity index is 1.34. The fourth-order valence-corrected chi connectivity index (χ4v) is 11.6. The summed E-state index contributed by atoms with van der Waals surface area (Å²) >= 11 is 0. The van der Waals surface area contributed by atoms with Crippen molar-refractivity contribution in [3.05, 3.63) is 155 Å². The fourth-order valence-electron chi connectivity index (χ4n) is 11.6. The monoisotopic (exact) mass is 1350 g/mol. The van der Waals surface area contributed by atoms with Gasteiger partial charge in [-0.25, -0.2) is 9.37 Å². The summed E-state index contributed by atoms with van der Waals surface area (Å²) < 4.78 is 14.4. The maximum absolute atomic E-state index is 15.2. The number of phenols is 1. The molecule has 0 saturated carbocycles. The number of benzene rings is 4. The number of nitrogens with zero attached hydrogens (tertiary/aromatic N) is 2. The fraction of sp³-hybridized carbons (Fsp3) is 0.457. The minimum absolute atomic E-state index is 0.0583. The van der Waals surface area contributed by atoms with Gasteiger partial charge >= 0.3 is 0 Å². The predicted molar refractivity (Wildman–Crippen MR) is 361 cm³/mol. The summed E-state index contributed by atoms with van der Waals surface area (Å²) in [7, 11) is 0. The quantitative estimate of drug-likeness (QED) is 0.0422. The summed E-state index contributed by atoms with van der Waals surface area (Å²) in [6.45, 7) is 5.57. The van der Waals surface area contributed by atoms with Crippen LogP contribution < -0.4 is 64.6 Å². The van der Waals surface area contributed by atoms with Crippen molar-refractivity contribution in [1.29, 1.82) is 0 Å². The summed E-state index contributed by atoms with van der Waals surface area (Å²) in [5, 5.41) is 37.7. The number of aromatic hydroxyl groups is 1. The molecule has 0 unspecified atom stereocenters. The molecule has 0 radical (unpaired) electrons. The number of carbonyl (C=O) groups is 11. The number of fused-ring (bicyclic) bond motifs is 1. The van der Waals surface area contributed by atoms with Crippen LogP contribution in [0.5, 0.6) is 5.75 Å². The molecule has 2 aliphatic rings. The zero-order valence-corrected chi connectivity index (χ0v) is 55.5. The van der Waals surface area contributed by atoms with Crippen LogP contribution in [0.4, 0.5) is 4.39 Å². The molecular formula is C70H92FN15O12. The number of amides is 11. The van der Waals surface area contributed by atoms with Gasteiger partial charge in [0.25, 0.3) is 0 Å². The second-order valence-corrected chi connectivity index (χ2v) is 25.0. The molecule has 1 aromatic heterocycles. The molecule has 10 atom stereocenters. The van der Waals surface area contributed by atoms with E-state index >= 15 is 9.59 Å². The average molecular weight is 1350 g/mol. The summed E-state index contributed by atoms with van der Waals surface area (Å²) in [5.41, 5.74) is 14.3. The topological polar surface area (TPSA) is 412 Å². The number of aromatic amines is 1. The van der Waals surface area contributed by atoms with Crippen LogP contribution in [0, 0.1) is 11.7 Å². The van der Waals surface area contributed by atoms with E-state index in [0.717, 1.165) is 12.1 Å². The third kappa shape index (κ3) is 23.1. The first-order chi connectivity index (χ1) is 47.1. The van der Waals surface area contributed by atoms with Crippen molar-refractivity contribution in [2.24, 2.45) is 17.4 Å². The first kappa shape index (κ1) is 75.3. The second kappa shape index (κ2) is 38.0. The number of phenolic OH excluding ortho intramolecular Hbond substituents is 1. The van der Waals surface area contributed by atoms with Gasteiger partial charge in [-0.15, -0.1) is 0 Å². The lowest BCUT2D eigenvalue weighted by Gasteiger charge is -2.31. The lowest BCUT2D eigenvalue weighted by Crippen LogP contribution is -2.62. The van der Waals surface area contributed by atoms with Gasteiger partial charge in [-0.3, -0.25) is 52.7 Å². The summed E-state index contributed by atoms with van der Waals surface area (Å²) in [4.78, 5) is 172. The van der Waals surface area contributed by atoms with Gasteiger partial charge in [0.15, 0.2) is 0 Å². The molecule has 98 heavy (non-hydrogen) atoms. The number of nitrogens with two attached hydrogens (primary N) is 2. The van der Waals surface area contributed by atoms with Crippen LogP contribution in [0.25, 0.3) is 0 Å². The number of rotatable bonds is 22. The highest BCUT2D eigenvalue weighted by molar-refractivity contribution is 6.01. The number of halogens is 1. The molecular weight excluding hydrogens is 1260 g/mol. The van der Waals surface area contributed by atoms with Gasteiger partial charge in [0, 0.05) is 57.1 Å². The molecule has 5 aromatic rings. The van der Waals surface area contributed by atoms with Gasteiger partial charge in [0.2, 0.25) is 65.0 Å². The maximum Gasteiger partial charge on any atom is 0.246 e. The summed E-state index contributed by atoms with van der Waals surface area (Å²) in [6.07, 6.45) is 2.83. The Kier molecular flexibility index (Phi) is 29.2. The van der Waals surface area contributed by atoms with E-state index in [1.165, 1.54) is 53.8 Å². The lowest BCUT2D eigenvalue weighted by atomic mass is 9.99.